The molecule has 0 aliphatic carbocycles. The van der Waals surface area contributed by atoms with Gasteiger partial charge in [0.05, 0.1) is 22.8 Å². The van der Waals surface area contributed by atoms with E-state index in [0.717, 1.165) is 22.3 Å². The first-order valence-electron chi connectivity index (χ1n) is 5.97. The monoisotopic (exact) mass is 238 g/mol. The zero-order valence-electron chi connectivity index (χ0n) is 10.1. The van der Waals surface area contributed by atoms with Crippen LogP contribution in [0, 0.1) is 0 Å². The van der Waals surface area contributed by atoms with Gasteiger partial charge in [0.1, 0.15) is 6.33 Å². The third-order valence-corrected chi connectivity index (χ3v) is 3.10. The second-order valence-corrected chi connectivity index (χ2v) is 4.34. The second kappa shape index (κ2) is 4.27. The number of imidazole rings is 1. The minimum Gasteiger partial charge on any atom is -0.389 e. The summed E-state index contributed by atoms with van der Waals surface area (Å²) in [4.78, 5) is 4.38. The molecule has 0 saturated heterocycles. The highest BCUT2D eigenvalue weighted by molar-refractivity contribution is 5.77. The zero-order chi connectivity index (χ0) is 12.5. The topological polar surface area (TPSA) is 38.0 Å². The lowest BCUT2D eigenvalue weighted by Gasteiger charge is -2.13. The zero-order valence-corrected chi connectivity index (χ0v) is 10.1. The van der Waals surface area contributed by atoms with E-state index >= 15 is 0 Å². The van der Waals surface area contributed by atoms with E-state index in [-0.39, 0.29) is 0 Å². The van der Waals surface area contributed by atoms with Crippen molar-refractivity contribution in [2.75, 3.05) is 0 Å². The molecule has 0 aliphatic rings. The van der Waals surface area contributed by atoms with E-state index in [1.807, 2.05) is 53.1 Å². The van der Waals surface area contributed by atoms with Crippen LogP contribution in [-0.2, 0) is 0 Å². The van der Waals surface area contributed by atoms with Gasteiger partial charge in [-0.3, -0.25) is 4.57 Å². The highest BCUT2D eigenvalue weighted by Crippen LogP contribution is 2.24. The van der Waals surface area contributed by atoms with Crippen molar-refractivity contribution in [2.45, 2.75) is 13.0 Å². The molecule has 2 aromatic carbocycles. The van der Waals surface area contributed by atoms with Crippen LogP contribution in [0.25, 0.3) is 16.7 Å². The van der Waals surface area contributed by atoms with Gasteiger partial charge in [-0.1, -0.05) is 30.3 Å². The van der Waals surface area contributed by atoms with Crippen LogP contribution in [0.3, 0.4) is 0 Å². The molecule has 3 rings (SSSR count). The van der Waals surface area contributed by atoms with E-state index in [4.69, 9.17) is 0 Å². The largest absolute Gasteiger partial charge is 0.389 e. The van der Waals surface area contributed by atoms with E-state index in [1.165, 1.54) is 0 Å². The maximum absolute atomic E-state index is 9.84. The molecule has 0 fully saturated rings. The molecule has 0 radical (unpaired) electrons. The molecule has 3 aromatic rings. The lowest BCUT2D eigenvalue weighted by molar-refractivity contribution is 0.199. The van der Waals surface area contributed by atoms with Crippen molar-refractivity contribution in [3.63, 3.8) is 0 Å². The first kappa shape index (κ1) is 11.0. The van der Waals surface area contributed by atoms with Gasteiger partial charge in [0.15, 0.2) is 0 Å². The molecule has 0 spiro atoms. The van der Waals surface area contributed by atoms with Crippen molar-refractivity contribution in [3.8, 4) is 5.69 Å². The van der Waals surface area contributed by atoms with Crippen LogP contribution < -0.4 is 0 Å². The summed E-state index contributed by atoms with van der Waals surface area (Å²) < 4.78 is 2.01. The number of hydrogen-bond acceptors (Lipinski definition) is 2. The normalized spacial score (nSPS) is 12.8. The quantitative estimate of drug-likeness (QED) is 0.745. The van der Waals surface area contributed by atoms with Crippen molar-refractivity contribution >= 4 is 11.0 Å². The summed E-state index contributed by atoms with van der Waals surface area (Å²) in [6.07, 6.45) is 1.30. The third kappa shape index (κ3) is 1.69. The van der Waals surface area contributed by atoms with Crippen LogP contribution >= 0.6 is 0 Å². The van der Waals surface area contributed by atoms with Crippen molar-refractivity contribution in [2.24, 2.45) is 0 Å². The molecule has 1 aromatic heterocycles. The molecule has 1 N–H and O–H groups in total. The number of fused-ring (bicyclic) bond motifs is 1. The third-order valence-electron chi connectivity index (χ3n) is 3.10. The van der Waals surface area contributed by atoms with E-state index < -0.39 is 6.10 Å². The molecular weight excluding hydrogens is 224 g/mol. The molecule has 3 nitrogen and oxygen atoms in total. The Hall–Kier alpha value is -2.13. The van der Waals surface area contributed by atoms with Crippen LogP contribution in [0.15, 0.2) is 54.9 Å². The molecule has 3 heteroatoms. The Morgan fingerprint density at radius 1 is 1.06 bits per heavy atom. The van der Waals surface area contributed by atoms with Crippen LogP contribution in [0.4, 0.5) is 0 Å². The molecule has 1 heterocycles. The number of aromatic nitrogens is 2. The predicted molar refractivity (Wildman–Crippen MR) is 71.7 cm³/mol. The minimum atomic E-state index is -0.498. The van der Waals surface area contributed by atoms with E-state index in [1.54, 1.807) is 13.3 Å². The summed E-state index contributed by atoms with van der Waals surface area (Å²) in [5.74, 6) is 0. The van der Waals surface area contributed by atoms with Gasteiger partial charge in [0, 0.05) is 5.56 Å². The molecule has 90 valence electrons. The number of aliphatic hydroxyl groups excluding tert-OH is 1. The van der Waals surface area contributed by atoms with Gasteiger partial charge in [-0.15, -0.1) is 0 Å². The Morgan fingerprint density at radius 2 is 1.78 bits per heavy atom. The predicted octanol–water partition coefficient (Wildman–Crippen LogP) is 3.08. The smallest absolute Gasteiger partial charge is 0.100 e. The summed E-state index contributed by atoms with van der Waals surface area (Å²) in [5.41, 5.74) is 3.88. The SMILES string of the molecule is C[C@@H](O)c1ccccc1-n1cnc2ccccc21. The lowest BCUT2D eigenvalue weighted by atomic mass is 10.1. The van der Waals surface area contributed by atoms with Crippen LogP contribution in [0.5, 0.6) is 0 Å². The fraction of sp³-hybridized carbons (Fsp3) is 0.133. The number of nitrogens with zero attached hydrogens (tertiary/aromatic N) is 2. The Labute approximate surface area is 105 Å². The van der Waals surface area contributed by atoms with Gasteiger partial charge < -0.3 is 5.11 Å². The van der Waals surface area contributed by atoms with E-state index in [9.17, 15) is 5.11 Å². The standard InChI is InChI=1S/C15H14N2O/c1-11(18)12-6-2-4-8-14(12)17-10-16-13-7-3-5-9-15(13)17/h2-11,18H,1H3/t11-/m1/s1. The highest BCUT2D eigenvalue weighted by Gasteiger charge is 2.10. The first-order chi connectivity index (χ1) is 8.77. The van der Waals surface area contributed by atoms with Crippen molar-refractivity contribution in [3.05, 3.63) is 60.4 Å². The number of hydrogen-bond donors (Lipinski definition) is 1. The van der Waals surface area contributed by atoms with Crippen molar-refractivity contribution in [1.82, 2.24) is 9.55 Å². The fourth-order valence-electron chi connectivity index (χ4n) is 2.21. The number of para-hydroxylation sites is 3. The van der Waals surface area contributed by atoms with E-state index in [0.29, 0.717) is 0 Å². The molecular formula is C15H14N2O. The number of aliphatic hydroxyl groups is 1. The lowest BCUT2D eigenvalue weighted by Crippen LogP contribution is -2.01. The Bertz CT molecular complexity index is 686. The molecule has 0 saturated carbocycles. The second-order valence-electron chi connectivity index (χ2n) is 4.34. The summed E-state index contributed by atoms with van der Waals surface area (Å²) >= 11 is 0. The van der Waals surface area contributed by atoms with Gasteiger partial charge in [0.25, 0.3) is 0 Å². The van der Waals surface area contributed by atoms with Gasteiger partial charge >= 0.3 is 0 Å². The minimum absolute atomic E-state index is 0.498. The van der Waals surface area contributed by atoms with Gasteiger partial charge in [-0.25, -0.2) is 4.98 Å². The van der Waals surface area contributed by atoms with Gasteiger partial charge in [-0.05, 0) is 25.1 Å². The first-order valence-corrected chi connectivity index (χ1v) is 5.97. The maximum atomic E-state index is 9.84. The fourth-order valence-corrected chi connectivity index (χ4v) is 2.21. The molecule has 0 aliphatic heterocycles. The Kier molecular flexibility index (Phi) is 2.61. The summed E-state index contributed by atoms with van der Waals surface area (Å²) in [6, 6.07) is 15.8. The number of rotatable bonds is 2. The van der Waals surface area contributed by atoms with Crippen molar-refractivity contribution in [1.29, 1.82) is 0 Å². The molecule has 18 heavy (non-hydrogen) atoms. The maximum Gasteiger partial charge on any atom is 0.100 e. The van der Waals surface area contributed by atoms with Gasteiger partial charge in [-0.2, -0.15) is 0 Å². The molecule has 1 atom stereocenters. The van der Waals surface area contributed by atoms with Crippen molar-refractivity contribution < 1.29 is 5.11 Å². The molecule has 0 bridgehead atoms. The molecule has 0 unspecified atom stereocenters. The summed E-state index contributed by atoms with van der Waals surface area (Å²) in [6.45, 7) is 1.78. The molecule has 0 amide bonds. The Balaban J connectivity index is 2.27. The average molecular weight is 238 g/mol. The summed E-state index contributed by atoms with van der Waals surface area (Å²) in [7, 11) is 0. The van der Waals surface area contributed by atoms with Gasteiger partial charge in [0.2, 0.25) is 0 Å². The Morgan fingerprint density at radius 3 is 2.61 bits per heavy atom. The van der Waals surface area contributed by atoms with Crippen LogP contribution in [0.1, 0.15) is 18.6 Å². The average Bonchev–Trinajstić information content (AvgIpc) is 2.82. The van der Waals surface area contributed by atoms with E-state index in [2.05, 4.69) is 4.98 Å². The van der Waals surface area contributed by atoms with Crippen LogP contribution in [0.2, 0.25) is 0 Å². The highest BCUT2D eigenvalue weighted by atomic mass is 16.3. The summed E-state index contributed by atoms with van der Waals surface area (Å²) in [5, 5.41) is 9.84. The number of benzene rings is 2. The van der Waals surface area contributed by atoms with Crippen LogP contribution in [-0.4, -0.2) is 14.7 Å².